The largest absolute Gasteiger partial charge is 0.354 e. The Kier molecular flexibility index (Phi) is 5.46. The molecule has 0 aliphatic carbocycles. The van der Waals surface area contributed by atoms with E-state index in [0.717, 1.165) is 28.7 Å². The van der Waals surface area contributed by atoms with Crippen LogP contribution in [0.4, 0.5) is 5.13 Å². The molecule has 0 aliphatic rings. The Morgan fingerprint density at radius 2 is 1.89 bits per heavy atom. The average molecular weight is 410 g/mol. The van der Waals surface area contributed by atoms with Gasteiger partial charge < -0.3 is 4.57 Å². The highest BCUT2D eigenvalue weighted by molar-refractivity contribution is 7.22. The molecule has 0 bridgehead atoms. The predicted molar refractivity (Wildman–Crippen MR) is 117 cm³/mol. The number of halogens is 1. The van der Waals surface area contributed by atoms with E-state index in [2.05, 4.69) is 4.57 Å². The molecule has 4 nitrogen and oxygen atoms in total. The molecule has 0 saturated carbocycles. The summed E-state index contributed by atoms with van der Waals surface area (Å²) >= 11 is 7.71. The first-order valence-corrected chi connectivity index (χ1v) is 10.4. The molecule has 2 aromatic heterocycles. The maximum absolute atomic E-state index is 13.2. The van der Waals surface area contributed by atoms with Crippen molar-refractivity contribution in [1.29, 1.82) is 0 Å². The van der Waals surface area contributed by atoms with Gasteiger partial charge in [0.25, 0.3) is 5.91 Å². The van der Waals surface area contributed by atoms with Gasteiger partial charge in [0.05, 0.1) is 10.2 Å². The van der Waals surface area contributed by atoms with E-state index in [1.165, 1.54) is 11.3 Å². The van der Waals surface area contributed by atoms with Gasteiger partial charge in [0.2, 0.25) is 0 Å². The van der Waals surface area contributed by atoms with Crippen molar-refractivity contribution in [2.75, 3.05) is 11.4 Å². The van der Waals surface area contributed by atoms with Crippen LogP contribution in [0.15, 0.2) is 67.0 Å². The van der Waals surface area contributed by atoms with E-state index in [4.69, 9.17) is 16.6 Å². The highest BCUT2D eigenvalue weighted by Gasteiger charge is 2.21. The molecule has 0 spiro atoms. The van der Waals surface area contributed by atoms with Crippen LogP contribution >= 0.6 is 22.9 Å². The van der Waals surface area contributed by atoms with Crippen LogP contribution in [0.5, 0.6) is 0 Å². The van der Waals surface area contributed by atoms with Crippen LogP contribution in [0.3, 0.4) is 0 Å². The van der Waals surface area contributed by atoms with E-state index in [-0.39, 0.29) is 5.91 Å². The van der Waals surface area contributed by atoms with Crippen LogP contribution in [-0.4, -0.2) is 22.0 Å². The third kappa shape index (κ3) is 3.96. The molecule has 28 heavy (non-hydrogen) atoms. The smallest absolute Gasteiger partial charge is 0.260 e. The number of anilines is 1. The van der Waals surface area contributed by atoms with E-state index in [1.807, 2.05) is 73.9 Å². The minimum atomic E-state index is -0.0316. The van der Waals surface area contributed by atoms with Crippen molar-refractivity contribution in [3.63, 3.8) is 0 Å². The van der Waals surface area contributed by atoms with E-state index in [9.17, 15) is 4.79 Å². The van der Waals surface area contributed by atoms with Gasteiger partial charge >= 0.3 is 0 Å². The number of nitrogens with zero attached hydrogens (tertiary/aromatic N) is 3. The first-order chi connectivity index (χ1) is 13.6. The maximum Gasteiger partial charge on any atom is 0.260 e. The normalized spacial score (nSPS) is 11.1. The number of hydrogen-bond donors (Lipinski definition) is 0. The summed E-state index contributed by atoms with van der Waals surface area (Å²) in [4.78, 5) is 19.8. The lowest BCUT2D eigenvalue weighted by Gasteiger charge is -2.20. The molecule has 0 N–H and O–H groups in total. The Hall–Kier alpha value is -2.63. The first kappa shape index (κ1) is 18.7. The molecule has 0 atom stereocenters. The molecule has 2 aromatic carbocycles. The Labute approximate surface area is 173 Å². The minimum Gasteiger partial charge on any atom is -0.354 e. The topological polar surface area (TPSA) is 38.1 Å². The average Bonchev–Trinajstić information content (AvgIpc) is 3.35. The summed E-state index contributed by atoms with van der Waals surface area (Å²) in [5, 5.41) is 1.40. The molecule has 0 fully saturated rings. The summed E-state index contributed by atoms with van der Waals surface area (Å²) in [5.41, 5.74) is 2.59. The summed E-state index contributed by atoms with van der Waals surface area (Å²) in [7, 11) is 0. The molecule has 4 aromatic rings. The highest BCUT2D eigenvalue weighted by Crippen LogP contribution is 2.33. The predicted octanol–water partition coefficient (Wildman–Crippen LogP) is 5.80. The van der Waals surface area contributed by atoms with Crippen LogP contribution in [0.25, 0.3) is 10.2 Å². The second-order valence-electron chi connectivity index (χ2n) is 6.66. The fourth-order valence-corrected chi connectivity index (χ4v) is 4.65. The number of aromatic nitrogens is 2. The fourth-order valence-electron chi connectivity index (χ4n) is 3.21. The summed E-state index contributed by atoms with van der Waals surface area (Å²) in [6.07, 6.45) is 4.90. The molecule has 0 aliphatic heterocycles. The van der Waals surface area contributed by atoms with Crippen LogP contribution < -0.4 is 4.90 Å². The zero-order valence-electron chi connectivity index (χ0n) is 15.5. The van der Waals surface area contributed by atoms with E-state index >= 15 is 0 Å². The van der Waals surface area contributed by atoms with Crippen molar-refractivity contribution >= 4 is 44.2 Å². The monoisotopic (exact) mass is 409 g/mol. The molecule has 6 heteroatoms. The Balaban J connectivity index is 1.65. The molecule has 2 heterocycles. The molecular weight excluding hydrogens is 390 g/mol. The number of carbonyl (C=O) groups excluding carboxylic acids is 1. The molecule has 0 saturated heterocycles. The van der Waals surface area contributed by atoms with E-state index < -0.39 is 0 Å². The number of benzene rings is 2. The molecule has 0 unspecified atom stereocenters. The molecule has 1 amide bonds. The molecule has 4 rings (SSSR count). The summed E-state index contributed by atoms with van der Waals surface area (Å²) in [6.45, 7) is 3.44. The van der Waals surface area contributed by atoms with Gasteiger partial charge in [0.1, 0.15) is 0 Å². The second-order valence-corrected chi connectivity index (χ2v) is 8.11. The van der Waals surface area contributed by atoms with Gasteiger partial charge in [0, 0.05) is 36.1 Å². The molecule has 142 valence electrons. The van der Waals surface area contributed by atoms with Gasteiger partial charge in [-0.2, -0.15) is 0 Å². The first-order valence-electron chi connectivity index (χ1n) is 9.16. The van der Waals surface area contributed by atoms with E-state index in [0.29, 0.717) is 22.3 Å². The SMILES string of the molecule is Cc1cc(Cl)cc2sc(N(CCCn3cccc3)C(=O)c3ccccc3)nc12. The zero-order chi connectivity index (χ0) is 19.5. The molecule has 0 radical (unpaired) electrons. The molecular formula is C22H20ClN3OS. The number of fused-ring (bicyclic) bond motifs is 1. The third-order valence-corrected chi connectivity index (χ3v) is 5.84. The Bertz CT molecular complexity index is 1090. The van der Waals surface area contributed by atoms with Gasteiger partial charge in [-0.15, -0.1) is 0 Å². The maximum atomic E-state index is 13.2. The van der Waals surface area contributed by atoms with Gasteiger partial charge in [-0.3, -0.25) is 9.69 Å². The summed E-state index contributed by atoms with van der Waals surface area (Å²) < 4.78 is 3.12. The Morgan fingerprint density at radius 1 is 1.14 bits per heavy atom. The van der Waals surface area contributed by atoms with Crippen LogP contribution in [0.1, 0.15) is 22.3 Å². The van der Waals surface area contributed by atoms with Gasteiger partial charge in [-0.05, 0) is 55.3 Å². The lowest BCUT2D eigenvalue weighted by Crippen LogP contribution is -2.32. The number of aryl methyl sites for hydroxylation is 2. The van der Waals surface area contributed by atoms with Crippen molar-refractivity contribution in [3.05, 3.63) is 83.1 Å². The summed E-state index contributed by atoms with van der Waals surface area (Å²) in [6, 6.07) is 17.2. The number of thiazole rings is 1. The van der Waals surface area contributed by atoms with Crippen LogP contribution in [0.2, 0.25) is 5.02 Å². The van der Waals surface area contributed by atoms with Crippen molar-refractivity contribution in [2.45, 2.75) is 19.9 Å². The number of hydrogen-bond acceptors (Lipinski definition) is 3. The van der Waals surface area contributed by atoms with Gasteiger partial charge in [-0.1, -0.05) is 41.1 Å². The lowest BCUT2D eigenvalue weighted by molar-refractivity contribution is 0.0986. The fraction of sp³-hybridized carbons (Fsp3) is 0.182. The third-order valence-electron chi connectivity index (χ3n) is 4.60. The second kappa shape index (κ2) is 8.17. The van der Waals surface area contributed by atoms with Crippen molar-refractivity contribution < 1.29 is 4.79 Å². The van der Waals surface area contributed by atoms with Crippen molar-refractivity contribution in [1.82, 2.24) is 9.55 Å². The quantitative estimate of drug-likeness (QED) is 0.403. The van der Waals surface area contributed by atoms with Gasteiger partial charge in [-0.25, -0.2) is 4.98 Å². The van der Waals surface area contributed by atoms with Crippen molar-refractivity contribution in [2.24, 2.45) is 0 Å². The minimum absolute atomic E-state index is 0.0316. The number of amides is 1. The highest BCUT2D eigenvalue weighted by atomic mass is 35.5. The number of carbonyl (C=O) groups is 1. The zero-order valence-corrected chi connectivity index (χ0v) is 17.1. The van der Waals surface area contributed by atoms with Gasteiger partial charge in [0.15, 0.2) is 5.13 Å². The standard InChI is InChI=1S/C22H20ClN3OS/c1-16-14-18(23)15-19-20(16)24-22(28-19)26(13-7-12-25-10-5-6-11-25)21(27)17-8-3-2-4-9-17/h2-6,8-11,14-15H,7,12-13H2,1H3. The van der Waals surface area contributed by atoms with Crippen molar-refractivity contribution in [3.8, 4) is 0 Å². The van der Waals surface area contributed by atoms with E-state index in [1.54, 1.807) is 4.90 Å². The van der Waals surface area contributed by atoms with Crippen LogP contribution in [0, 0.1) is 6.92 Å². The number of rotatable bonds is 6. The Morgan fingerprint density at radius 3 is 2.64 bits per heavy atom. The summed E-state index contributed by atoms with van der Waals surface area (Å²) in [5.74, 6) is -0.0316. The van der Waals surface area contributed by atoms with Crippen LogP contribution in [-0.2, 0) is 6.54 Å². The lowest BCUT2D eigenvalue weighted by atomic mass is 10.2.